The van der Waals surface area contributed by atoms with Gasteiger partial charge < -0.3 is 4.74 Å². The molecule has 0 aliphatic carbocycles. The van der Waals surface area contributed by atoms with Crippen LogP contribution in [0.3, 0.4) is 0 Å². The van der Waals surface area contributed by atoms with Crippen LogP contribution in [0.2, 0.25) is 0 Å². The second kappa shape index (κ2) is 8.49. The third-order valence-electron chi connectivity index (χ3n) is 3.25. The van der Waals surface area contributed by atoms with Crippen LogP contribution >= 0.6 is 15.9 Å². The lowest BCUT2D eigenvalue weighted by atomic mass is 10.1. The lowest BCUT2D eigenvalue weighted by Gasteiger charge is -2.12. The summed E-state index contributed by atoms with van der Waals surface area (Å²) >= 11 is 3.33. The summed E-state index contributed by atoms with van der Waals surface area (Å²) < 4.78 is 6.32. The van der Waals surface area contributed by atoms with Crippen molar-refractivity contribution in [1.82, 2.24) is 10.9 Å². The second-order valence-electron chi connectivity index (χ2n) is 5.26. The Bertz CT molecular complexity index is 730. The molecule has 0 heterocycles. The summed E-state index contributed by atoms with van der Waals surface area (Å²) in [5.41, 5.74) is 6.70. The Hall–Kier alpha value is -2.34. The predicted octanol–water partition coefficient (Wildman–Crippen LogP) is 3.62. The SMILES string of the molecule is CCCOc1ccc(Br)cc1C(=O)NNC(=O)c1ccc(C)cc1. The Kier molecular flexibility index (Phi) is 6.37. The van der Waals surface area contributed by atoms with Crippen molar-refractivity contribution in [2.45, 2.75) is 20.3 Å². The first kappa shape index (κ1) is 18.0. The number of amides is 2. The van der Waals surface area contributed by atoms with Crippen molar-refractivity contribution in [2.24, 2.45) is 0 Å². The van der Waals surface area contributed by atoms with E-state index in [0.29, 0.717) is 23.5 Å². The van der Waals surface area contributed by atoms with Crippen LogP contribution in [0.1, 0.15) is 39.6 Å². The van der Waals surface area contributed by atoms with Crippen LogP contribution in [0.25, 0.3) is 0 Å². The van der Waals surface area contributed by atoms with Crippen molar-refractivity contribution in [3.8, 4) is 5.75 Å². The van der Waals surface area contributed by atoms with Gasteiger partial charge in [-0.1, -0.05) is 40.5 Å². The summed E-state index contributed by atoms with van der Waals surface area (Å²) in [7, 11) is 0. The highest BCUT2D eigenvalue weighted by molar-refractivity contribution is 9.10. The number of halogens is 1. The maximum absolute atomic E-state index is 12.3. The fraction of sp³-hybridized carbons (Fsp3) is 0.222. The first-order chi connectivity index (χ1) is 11.5. The Labute approximate surface area is 149 Å². The van der Waals surface area contributed by atoms with Gasteiger partial charge in [0.25, 0.3) is 11.8 Å². The highest BCUT2D eigenvalue weighted by atomic mass is 79.9. The molecule has 2 amide bonds. The number of benzene rings is 2. The van der Waals surface area contributed by atoms with E-state index in [2.05, 4.69) is 26.8 Å². The molecule has 6 heteroatoms. The highest BCUT2D eigenvalue weighted by Crippen LogP contribution is 2.23. The zero-order valence-electron chi connectivity index (χ0n) is 13.6. The van der Waals surface area contributed by atoms with E-state index in [1.165, 1.54) is 0 Å². The molecular formula is C18H19BrN2O3. The number of carbonyl (C=O) groups is 2. The fourth-order valence-corrected chi connectivity index (χ4v) is 2.34. The van der Waals surface area contributed by atoms with Crippen molar-refractivity contribution in [2.75, 3.05) is 6.61 Å². The summed E-state index contributed by atoms with van der Waals surface area (Å²) in [6.45, 7) is 4.44. The van der Waals surface area contributed by atoms with E-state index >= 15 is 0 Å². The van der Waals surface area contributed by atoms with Gasteiger partial charge in [-0.25, -0.2) is 0 Å². The maximum atomic E-state index is 12.3. The monoisotopic (exact) mass is 390 g/mol. The molecule has 2 aromatic carbocycles. The third-order valence-corrected chi connectivity index (χ3v) is 3.74. The van der Waals surface area contributed by atoms with E-state index < -0.39 is 5.91 Å². The number of aryl methyl sites for hydroxylation is 1. The summed E-state index contributed by atoms with van der Waals surface area (Å²) in [6.07, 6.45) is 0.835. The number of rotatable bonds is 5. The number of hydrogen-bond donors (Lipinski definition) is 2. The molecule has 0 unspecified atom stereocenters. The Morgan fingerprint density at radius 1 is 1.04 bits per heavy atom. The molecule has 2 N–H and O–H groups in total. The average molecular weight is 391 g/mol. The molecule has 0 radical (unpaired) electrons. The van der Waals surface area contributed by atoms with Gasteiger partial charge in [-0.3, -0.25) is 20.4 Å². The molecule has 0 spiro atoms. The predicted molar refractivity (Wildman–Crippen MR) is 96.0 cm³/mol. The lowest BCUT2D eigenvalue weighted by molar-refractivity contribution is 0.0844. The molecular weight excluding hydrogens is 372 g/mol. The highest BCUT2D eigenvalue weighted by Gasteiger charge is 2.14. The Morgan fingerprint density at radius 2 is 1.71 bits per heavy atom. The van der Waals surface area contributed by atoms with Gasteiger partial charge in [0.2, 0.25) is 0 Å². The fourth-order valence-electron chi connectivity index (χ4n) is 1.98. The van der Waals surface area contributed by atoms with E-state index in [9.17, 15) is 9.59 Å². The molecule has 126 valence electrons. The van der Waals surface area contributed by atoms with Crippen molar-refractivity contribution in [3.63, 3.8) is 0 Å². The average Bonchev–Trinajstić information content (AvgIpc) is 2.58. The number of carbonyl (C=O) groups excluding carboxylic acids is 2. The summed E-state index contributed by atoms with van der Waals surface area (Å²) in [5.74, 6) is -0.348. The standard InChI is InChI=1S/C18H19BrN2O3/c1-3-10-24-16-9-8-14(19)11-15(16)18(23)21-20-17(22)13-6-4-12(2)5-7-13/h4-9,11H,3,10H2,1-2H3,(H,20,22)(H,21,23). The molecule has 0 saturated heterocycles. The van der Waals surface area contributed by atoms with Gasteiger partial charge in [0.05, 0.1) is 12.2 Å². The molecule has 2 aromatic rings. The number of hydrazine groups is 1. The Morgan fingerprint density at radius 3 is 2.38 bits per heavy atom. The first-order valence-corrected chi connectivity index (χ1v) is 8.40. The topological polar surface area (TPSA) is 67.4 Å². The number of nitrogens with one attached hydrogen (secondary N) is 2. The van der Waals surface area contributed by atoms with Crippen molar-refractivity contribution >= 4 is 27.7 Å². The molecule has 2 rings (SSSR count). The van der Waals surface area contributed by atoms with Crippen LogP contribution in [-0.2, 0) is 0 Å². The van der Waals surface area contributed by atoms with Crippen LogP contribution < -0.4 is 15.6 Å². The third kappa shape index (κ3) is 4.83. The molecule has 5 nitrogen and oxygen atoms in total. The maximum Gasteiger partial charge on any atom is 0.273 e. The van der Waals surface area contributed by atoms with Gasteiger partial charge in [0, 0.05) is 10.0 Å². The molecule has 0 aromatic heterocycles. The summed E-state index contributed by atoms with van der Waals surface area (Å²) in [4.78, 5) is 24.4. The number of hydrogen-bond acceptors (Lipinski definition) is 3. The molecule has 0 bridgehead atoms. The molecule has 0 aliphatic heterocycles. The van der Waals surface area contributed by atoms with Crippen molar-refractivity contribution in [3.05, 3.63) is 63.6 Å². The van der Waals surface area contributed by atoms with Gasteiger partial charge in [0.15, 0.2) is 0 Å². The minimum Gasteiger partial charge on any atom is -0.493 e. The first-order valence-electron chi connectivity index (χ1n) is 7.61. The summed E-state index contributed by atoms with van der Waals surface area (Å²) in [6, 6.07) is 12.2. The molecule has 0 saturated carbocycles. The largest absolute Gasteiger partial charge is 0.493 e. The van der Waals surface area contributed by atoms with Crippen LogP contribution in [0, 0.1) is 6.92 Å². The van der Waals surface area contributed by atoms with Crippen molar-refractivity contribution < 1.29 is 14.3 Å². The van der Waals surface area contributed by atoms with Gasteiger partial charge in [0.1, 0.15) is 5.75 Å². The van der Waals surface area contributed by atoms with Crippen molar-refractivity contribution in [1.29, 1.82) is 0 Å². The molecule has 24 heavy (non-hydrogen) atoms. The van der Waals surface area contributed by atoms with E-state index in [0.717, 1.165) is 16.5 Å². The minimum absolute atomic E-state index is 0.349. The smallest absolute Gasteiger partial charge is 0.273 e. The minimum atomic E-state index is -0.442. The zero-order valence-corrected chi connectivity index (χ0v) is 15.1. The number of ether oxygens (including phenoxy) is 1. The van der Waals surface area contributed by atoms with Gasteiger partial charge in [-0.2, -0.15) is 0 Å². The van der Waals surface area contributed by atoms with E-state index in [4.69, 9.17) is 4.74 Å². The normalized spacial score (nSPS) is 10.1. The Balaban J connectivity index is 2.05. The van der Waals surface area contributed by atoms with Crippen LogP contribution in [-0.4, -0.2) is 18.4 Å². The summed E-state index contributed by atoms with van der Waals surface area (Å²) in [5, 5.41) is 0. The van der Waals surface area contributed by atoms with Crippen LogP contribution in [0.4, 0.5) is 0 Å². The van der Waals surface area contributed by atoms with E-state index in [1.807, 2.05) is 26.0 Å². The molecule has 0 aliphatic rings. The van der Waals surface area contributed by atoms with E-state index in [1.54, 1.807) is 30.3 Å². The second-order valence-corrected chi connectivity index (χ2v) is 6.18. The van der Waals surface area contributed by atoms with Gasteiger partial charge >= 0.3 is 0 Å². The molecule has 0 fully saturated rings. The molecule has 0 atom stereocenters. The van der Waals surface area contributed by atoms with Gasteiger partial charge in [-0.05, 0) is 43.7 Å². The quantitative estimate of drug-likeness (QED) is 0.766. The lowest BCUT2D eigenvalue weighted by Crippen LogP contribution is -2.41. The van der Waals surface area contributed by atoms with Crippen LogP contribution in [0.5, 0.6) is 5.75 Å². The van der Waals surface area contributed by atoms with E-state index in [-0.39, 0.29) is 5.91 Å². The van der Waals surface area contributed by atoms with Crippen LogP contribution in [0.15, 0.2) is 46.9 Å². The van der Waals surface area contributed by atoms with Gasteiger partial charge in [-0.15, -0.1) is 0 Å². The zero-order chi connectivity index (χ0) is 17.5.